The maximum absolute atomic E-state index is 13.1. The first kappa shape index (κ1) is 14.7. The largest absolute Gasteiger partial charge is 0.352 e. The van der Waals surface area contributed by atoms with E-state index in [9.17, 15) is 13.6 Å². The van der Waals surface area contributed by atoms with Crippen molar-refractivity contribution in [1.82, 2.24) is 14.9 Å². The van der Waals surface area contributed by atoms with Crippen LogP contribution in [-0.4, -0.2) is 21.5 Å². The summed E-state index contributed by atoms with van der Waals surface area (Å²) in [6, 6.07) is 3.83. The van der Waals surface area contributed by atoms with Gasteiger partial charge in [-0.25, -0.2) is 13.8 Å². The number of carbonyl (C=O) groups is 1. The second kappa shape index (κ2) is 6.25. The molecule has 0 saturated heterocycles. The van der Waals surface area contributed by atoms with Crippen molar-refractivity contribution in [2.75, 3.05) is 0 Å². The first-order chi connectivity index (χ1) is 10.6. The van der Waals surface area contributed by atoms with E-state index in [2.05, 4.69) is 10.3 Å². The molecule has 1 aliphatic heterocycles. The normalized spacial score (nSPS) is 17.1. The van der Waals surface area contributed by atoms with Crippen molar-refractivity contribution in [2.45, 2.75) is 38.3 Å². The second-order valence-electron chi connectivity index (χ2n) is 5.55. The lowest BCUT2D eigenvalue weighted by molar-refractivity contribution is -0.122. The number of hydrogen-bond donors (Lipinski definition) is 1. The fourth-order valence-corrected chi connectivity index (χ4v) is 2.74. The van der Waals surface area contributed by atoms with Gasteiger partial charge in [-0.05, 0) is 30.5 Å². The summed E-state index contributed by atoms with van der Waals surface area (Å²) in [5.74, 6) is -0.769. The van der Waals surface area contributed by atoms with Crippen LogP contribution in [0, 0.1) is 11.6 Å². The van der Waals surface area contributed by atoms with Crippen LogP contribution < -0.4 is 5.32 Å². The molecule has 6 heteroatoms. The van der Waals surface area contributed by atoms with Crippen LogP contribution in [0.3, 0.4) is 0 Å². The van der Waals surface area contributed by atoms with Gasteiger partial charge in [0.25, 0.3) is 0 Å². The van der Waals surface area contributed by atoms with Crippen LogP contribution in [0.5, 0.6) is 0 Å². The van der Waals surface area contributed by atoms with Crippen LogP contribution >= 0.6 is 0 Å². The first-order valence-corrected chi connectivity index (χ1v) is 7.35. The molecule has 1 aromatic heterocycles. The molecule has 1 unspecified atom stereocenters. The quantitative estimate of drug-likeness (QED) is 0.941. The Labute approximate surface area is 127 Å². The van der Waals surface area contributed by atoms with Crippen molar-refractivity contribution in [3.05, 3.63) is 53.6 Å². The molecule has 1 N–H and O–H groups in total. The maximum Gasteiger partial charge on any atom is 0.220 e. The molecule has 1 aliphatic rings. The average Bonchev–Trinajstić information content (AvgIpc) is 2.96. The molecule has 1 aromatic carbocycles. The molecule has 2 heterocycles. The van der Waals surface area contributed by atoms with Crippen molar-refractivity contribution in [3.8, 4) is 0 Å². The summed E-state index contributed by atoms with van der Waals surface area (Å²) in [4.78, 5) is 16.2. The van der Waals surface area contributed by atoms with Crippen molar-refractivity contribution in [1.29, 1.82) is 0 Å². The zero-order valence-electron chi connectivity index (χ0n) is 12.1. The number of nitrogens with zero attached hydrogens (tertiary/aromatic N) is 2. The van der Waals surface area contributed by atoms with Gasteiger partial charge in [-0.2, -0.15) is 0 Å². The second-order valence-corrected chi connectivity index (χ2v) is 5.55. The zero-order chi connectivity index (χ0) is 15.5. The zero-order valence-corrected chi connectivity index (χ0v) is 12.1. The molecule has 1 atom stereocenters. The van der Waals surface area contributed by atoms with Crippen LogP contribution in [0.2, 0.25) is 0 Å². The Bertz CT molecular complexity index is 684. The molecule has 0 saturated carbocycles. The Morgan fingerprint density at radius 2 is 2.23 bits per heavy atom. The van der Waals surface area contributed by atoms with Gasteiger partial charge in [0, 0.05) is 37.8 Å². The highest BCUT2D eigenvalue weighted by Crippen LogP contribution is 2.14. The van der Waals surface area contributed by atoms with Gasteiger partial charge in [-0.3, -0.25) is 4.79 Å². The minimum Gasteiger partial charge on any atom is -0.352 e. The Morgan fingerprint density at radius 1 is 1.36 bits per heavy atom. The van der Waals surface area contributed by atoms with Gasteiger partial charge in [-0.15, -0.1) is 0 Å². The molecule has 0 aliphatic carbocycles. The van der Waals surface area contributed by atoms with E-state index in [-0.39, 0.29) is 18.4 Å². The monoisotopic (exact) mass is 305 g/mol. The van der Waals surface area contributed by atoms with Crippen LogP contribution in [-0.2, 0) is 24.2 Å². The first-order valence-electron chi connectivity index (χ1n) is 7.35. The number of halogens is 2. The molecule has 0 bridgehead atoms. The van der Waals surface area contributed by atoms with E-state index in [4.69, 9.17) is 0 Å². The molecule has 22 heavy (non-hydrogen) atoms. The van der Waals surface area contributed by atoms with E-state index in [1.165, 1.54) is 6.07 Å². The Morgan fingerprint density at radius 3 is 3.05 bits per heavy atom. The highest BCUT2D eigenvalue weighted by atomic mass is 19.2. The summed E-state index contributed by atoms with van der Waals surface area (Å²) in [7, 11) is 0. The van der Waals surface area contributed by atoms with Gasteiger partial charge in [0.05, 0.1) is 0 Å². The van der Waals surface area contributed by atoms with Gasteiger partial charge in [0.2, 0.25) is 5.91 Å². The molecular weight excluding hydrogens is 288 g/mol. The lowest BCUT2D eigenvalue weighted by atomic mass is 10.1. The van der Waals surface area contributed by atoms with E-state index in [1.807, 2.05) is 10.8 Å². The van der Waals surface area contributed by atoms with Crippen LogP contribution in [0.1, 0.15) is 24.2 Å². The molecule has 4 nitrogen and oxygen atoms in total. The number of imidazole rings is 1. The molecule has 2 aromatic rings. The predicted molar refractivity (Wildman–Crippen MR) is 77.2 cm³/mol. The third-order valence-corrected chi connectivity index (χ3v) is 3.93. The van der Waals surface area contributed by atoms with Crippen molar-refractivity contribution in [2.24, 2.45) is 0 Å². The average molecular weight is 305 g/mol. The Hall–Kier alpha value is -2.24. The molecule has 0 fully saturated rings. The molecule has 116 valence electrons. The Kier molecular flexibility index (Phi) is 4.18. The lowest BCUT2D eigenvalue weighted by Gasteiger charge is -2.24. The summed E-state index contributed by atoms with van der Waals surface area (Å²) >= 11 is 0. The summed E-state index contributed by atoms with van der Waals surface area (Å²) in [5.41, 5.74) is 0.620. The fraction of sp³-hybridized carbons (Fsp3) is 0.375. The van der Waals surface area contributed by atoms with Crippen LogP contribution in [0.25, 0.3) is 0 Å². The number of fused-ring (bicyclic) bond motifs is 1. The van der Waals surface area contributed by atoms with Gasteiger partial charge in [-0.1, -0.05) is 6.07 Å². The summed E-state index contributed by atoms with van der Waals surface area (Å²) < 4.78 is 28.0. The third-order valence-electron chi connectivity index (χ3n) is 3.93. The SMILES string of the molecule is O=C(CCc1ccc(F)c(F)c1)NC1CCc2nccn2C1. The fourth-order valence-electron chi connectivity index (χ4n) is 2.74. The number of amides is 1. The lowest BCUT2D eigenvalue weighted by Crippen LogP contribution is -2.40. The van der Waals surface area contributed by atoms with Gasteiger partial charge < -0.3 is 9.88 Å². The highest BCUT2D eigenvalue weighted by molar-refractivity contribution is 5.76. The smallest absolute Gasteiger partial charge is 0.220 e. The number of hydrogen-bond acceptors (Lipinski definition) is 2. The number of aromatic nitrogens is 2. The topological polar surface area (TPSA) is 46.9 Å². The number of carbonyl (C=O) groups excluding carboxylic acids is 1. The van der Waals surface area contributed by atoms with E-state index >= 15 is 0 Å². The van der Waals surface area contributed by atoms with Gasteiger partial charge in [0.15, 0.2) is 11.6 Å². The van der Waals surface area contributed by atoms with E-state index in [0.29, 0.717) is 12.0 Å². The van der Waals surface area contributed by atoms with Crippen LogP contribution in [0.15, 0.2) is 30.6 Å². The van der Waals surface area contributed by atoms with E-state index in [0.717, 1.165) is 37.3 Å². The minimum absolute atomic E-state index is 0.0710. The summed E-state index contributed by atoms with van der Waals surface area (Å²) in [6.45, 7) is 0.728. The summed E-state index contributed by atoms with van der Waals surface area (Å²) in [6.07, 6.45) is 6.05. The van der Waals surface area contributed by atoms with Crippen molar-refractivity contribution >= 4 is 5.91 Å². The molecule has 0 spiro atoms. The Balaban J connectivity index is 1.50. The van der Waals surface area contributed by atoms with Crippen molar-refractivity contribution in [3.63, 3.8) is 0 Å². The van der Waals surface area contributed by atoms with Gasteiger partial charge >= 0.3 is 0 Å². The standard InChI is InChI=1S/C16H17F2N3O/c17-13-4-1-11(9-14(13)18)2-6-16(22)20-12-3-5-15-19-7-8-21(15)10-12/h1,4,7-9,12H,2-3,5-6,10H2,(H,20,22). The molecular formula is C16H17F2N3O. The maximum atomic E-state index is 13.1. The molecule has 1 amide bonds. The third kappa shape index (κ3) is 3.32. The van der Waals surface area contributed by atoms with E-state index < -0.39 is 11.6 Å². The van der Waals surface area contributed by atoms with Crippen LogP contribution in [0.4, 0.5) is 8.78 Å². The highest BCUT2D eigenvalue weighted by Gasteiger charge is 2.20. The number of benzene rings is 1. The number of rotatable bonds is 4. The van der Waals surface area contributed by atoms with Crippen molar-refractivity contribution < 1.29 is 13.6 Å². The van der Waals surface area contributed by atoms with E-state index in [1.54, 1.807) is 6.20 Å². The minimum atomic E-state index is -0.877. The number of aryl methyl sites for hydroxylation is 2. The van der Waals surface area contributed by atoms with Gasteiger partial charge in [0.1, 0.15) is 5.82 Å². The number of nitrogens with one attached hydrogen (secondary N) is 1. The predicted octanol–water partition coefficient (Wildman–Crippen LogP) is 2.23. The summed E-state index contributed by atoms with van der Waals surface area (Å²) in [5, 5.41) is 2.99. The molecule has 3 rings (SSSR count). The molecule has 0 radical (unpaired) electrons.